The number of anilines is 1. The van der Waals surface area contributed by atoms with Crippen LogP contribution in [0.2, 0.25) is 0 Å². The van der Waals surface area contributed by atoms with E-state index in [9.17, 15) is 18.0 Å². The minimum Gasteiger partial charge on any atom is -0.493 e. The molecule has 2 amide bonds. The highest BCUT2D eigenvalue weighted by Gasteiger charge is 2.31. The average Bonchev–Trinajstić information content (AvgIpc) is 2.75. The Balaban J connectivity index is 1.84. The van der Waals surface area contributed by atoms with Gasteiger partial charge in [0.05, 0.1) is 7.11 Å². The fourth-order valence-electron chi connectivity index (χ4n) is 3.72. The number of nitrogens with zero attached hydrogens (tertiary/aromatic N) is 1. The van der Waals surface area contributed by atoms with Crippen LogP contribution in [-0.2, 0) is 26.3 Å². The molecule has 34 heavy (non-hydrogen) atoms. The lowest BCUT2D eigenvalue weighted by Crippen LogP contribution is -2.43. The molecule has 1 aliphatic carbocycles. The predicted molar refractivity (Wildman–Crippen MR) is 129 cm³/mol. The minimum absolute atomic E-state index is 0.0473. The van der Waals surface area contributed by atoms with Crippen LogP contribution >= 0.6 is 0 Å². The topological polar surface area (TPSA) is 102 Å². The number of amides is 2. The second kappa shape index (κ2) is 10.9. The van der Waals surface area contributed by atoms with Crippen molar-refractivity contribution >= 4 is 27.6 Å². The van der Waals surface area contributed by atoms with Gasteiger partial charge >= 0.3 is 10.1 Å². The smallest absolute Gasteiger partial charge is 0.339 e. The van der Waals surface area contributed by atoms with E-state index in [1.54, 1.807) is 12.1 Å². The number of hydrogen-bond acceptors (Lipinski definition) is 6. The average molecular weight is 489 g/mol. The van der Waals surface area contributed by atoms with E-state index in [1.165, 1.54) is 38.3 Å². The van der Waals surface area contributed by atoms with Crippen LogP contribution in [0.15, 0.2) is 47.4 Å². The van der Waals surface area contributed by atoms with E-state index in [2.05, 4.69) is 5.32 Å². The SMILES string of the molecule is CCC(C)N(Cc1ccc(OC)c(OS(=O)(=O)c2ccc(NC(C)=O)cc2)c1)C(=O)C1CCC1. The zero-order valence-electron chi connectivity index (χ0n) is 20.0. The van der Waals surface area contributed by atoms with E-state index < -0.39 is 10.1 Å². The Hall–Kier alpha value is -3.07. The first-order valence-electron chi connectivity index (χ1n) is 11.4. The third-order valence-electron chi connectivity index (χ3n) is 6.10. The van der Waals surface area contributed by atoms with Gasteiger partial charge in [-0.2, -0.15) is 8.42 Å². The number of benzene rings is 2. The zero-order valence-corrected chi connectivity index (χ0v) is 20.9. The van der Waals surface area contributed by atoms with Crippen LogP contribution in [-0.4, -0.2) is 38.3 Å². The number of ether oxygens (including phenoxy) is 1. The highest BCUT2D eigenvalue weighted by molar-refractivity contribution is 7.87. The molecule has 1 unspecified atom stereocenters. The number of hydrogen-bond donors (Lipinski definition) is 1. The molecule has 1 atom stereocenters. The van der Waals surface area contributed by atoms with E-state index in [-0.39, 0.29) is 40.2 Å². The maximum Gasteiger partial charge on any atom is 0.339 e. The van der Waals surface area contributed by atoms with Crippen molar-refractivity contribution in [2.45, 2.75) is 63.9 Å². The van der Waals surface area contributed by atoms with Crippen LogP contribution in [0.1, 0.15) is 52.0 Å². The van der Waals surface area contributed by atoms with Crippen LogP contribution < -0.4 is 14.2 Å². The molecule has 0 bridgehead atoms. The van der Waals surface area contributed by atoms with E-state index in [4.69, 9.17) is 8.92 Å². The van der Waals surface area contributed by atoms with Crippen molar-refractivity contribution in [1.82, 2.24) is 4.90 Å². The summed E-state index contributed by atoms with van der Waals surface area (Å²) < 4.78 is 36.6. The van der Waals surface area contributed by atoms with Gasteiger partial charge in [0.25, 0.3) is 0 Å². The largest absolute Gasteiger partial charge is 0.493 e. The predicted octanol–water partition coefficient (Wildman–Crippen LogP) is 4.35. The second-order valence-corrected chi connectivity index (χ2v) is 10.1. The third kappa shape index (κ3) is 6.08. The van der Waals surface area contributed by atoms with Crippen molar-refractivity contribution < 1.29 is 26.9 Å². The quantitative estimate of drug-likeness (QED) is 0.499. The molecule has 0 heterocycles. The number of methoxy groups -OCH3 is 1. The monoisotopic (exact) mass is 488 g/mol. The van der Waals surface area contributed by atoms with E-state index >= 15 is 0 Å². The molecule has 0 aromatic heterocycles. The van der Waals surface area contributed by atoms with Crippen LogP contribution in [0.4, 0.5) is 5.69 Å². The summed E-state index contributed by atoms with van der Waals surface area (Å²) >= 11 is 0. The third-order valence-corrected chi connectivity index (χ3v) is 7.35. The standard InChI is InChI=1S/C25H32N2O6S/c1-5-17(2)27(25(29)20-7-6-8-20)16-19-9-14-23(32-4)24(15-19)33-34(30,31)22-12-10-21(11-13-22)26-18(3)28/h9-15,17,20H,5-8,16H2,1-4H3,(H,26,28). The lowest BCUT2D eigenvalue weighted by Gasteiger charge is -2.35. The molecule has 1 aliphatic rings. The fraction of sp³-hybridized carbons (Fsp3) is 0.440. The van der Waals surface area contributed by atoms with Gasteiger partial charge in [0.15, 0.2) is 11.5 Å². The molecular formula is C25H32N2O6S. The summed E-state index contributed by atoms with van der Waals surface area (Å²) in [5.41, 5.74) is 1.23. The first-order chi connectivity index (χ1) is 16.1. The molecule has 8 nitrogen and oxygen atoms in total. The maximum atomic E-state index is 13.0. The molecule has 1 N–H and O–H groups in total. The fourth-order valence-corrected chi connectivity index (χ4v) is 4.65. The summed E-state index contributed by atoms with van der Waals surface area (Å²) in [6.45, 7) is 5.79. The second-order valence-electron chi connectivity index (χ2n) is 8.58. The highest BCUT2D eigenvalue weighted by atomic mass is 32.2. The van der Waals surface area contributed by atoms with Crippen molar-refractivity contribution in [3.05, 3.63) is 48.0 Å². The van der Waals surface area contributed by atoms with Gasteiger partial charge in [0, 0.05) is 31.1 Å². The van der Waals surface area contributed by atoms with Crippen LogP contribution in [0.25, 0.3) is 0 Å². The Morgan fingerprint density at radius 3 is 2.32 bits per heavy atom. The molecule has 0 spiro atoms. The van der Waals surface area contributed by atoms with Crippen molar-refractivity contribution in [1.29, 1.82) is 0 Å². The minimum atomic E-state index is -4.16. The summed E-state index contributed by atoms with van der Waals surface area (Å²) in [5.74, 6) is 0.277. The molecule has 9 heteroatoms. The number of carbonyl (C=O) groups is 2. The summed E-state index contributed by atoms with van der Waals surface area (Å²) in [6, 6.07) is 10.8. The normalized spacial score (nSPS) is 14.6. The lowest BCUT2D eigenvalue weighted by molar-refractivity contribution is -0.141. The summed E-state index contributed by atoms with van der Waals surface area (Å²) in [6.07, 6.45) is 3.74. The lowest BCUT2D eigenvalue weighted by atomic mass is 9.84. The molecule has 184 valence electrons. The van der Waals surface area contributed by atoms with Gasteiger partial charge in [-0.3, -0.25) is 9.59 Å². The van der Waals surface area contributed by atoms with Crippen LogP contribution in [0.3, 0.4) is 0 Å². The molecule has 0 radical (unpaired) electrons. The van der Waals surface area contributed by atoms with Crippen molar-refractivity contribution in [2.75, 3.05) is 12.4 Å². The number of nitrogens with one attached hydrogen (secondary N) is 1. The van der Waals surface area contributed by atoms with Gasteiger partial charge in [-0.05, 0) is 68.1 Å². The van der Waals surface area contributed by atoms with Gasteiger partial charge in [-0.1, -0.05) is 19.4 Å². The Kier molecular flexibility index (Phi) is 8.19. The molecule has 1 saturated carbocycles. The van der Waals surface area contributed by atoms with Gasteiger partial charge < -0.3 is 19.1 Å². The number of carbonyl (C=O) groups excluding carboxylic acids is 2. The molecule has 3 rings (SSSR count). The van der Waals surface area contributed by atoms with E-state index in [0.717, 1.165) is 31.2 Å². The van der Waals surface area contributed by atoms with E-state index in [0.29, 0.717) is 12.2 Å². The van der Waals surface area contributed by atoms with Crippen LogP contribution in [0, 0.1) is 5.92 Å². The van der Waals surface area contributed by atoms with Gasteiger partial charge in [0.2, 0.25) is 11.8 Å². The van der Waals surface area contributed by atoms with Gasteiger partial charge in [-0.15, -0.1) is 0 Å². The first-order valence-corrected chi connectivity index (χ1v) is 12.8. The number of rotatable bonds is 10. The van der Waals surface area contributed by atoms with Gasteiger partial charge in [0.1, 0.15) is 4.90 Å². The summed E-state index contributed by atoms with van der Waals surface area (Å²) in [5, 5.41) is 2.59. The summed E-state index contributed by atoms with van der Waals surface area (Å²) in [7, 11) is -2.72. The molecular weight excluding hydrogens is 456 g/mol. The summed E-state index contributed by atoms with van der Waals surface area (Å²) in [4.78, 5) is 26.0. The van der Waals surface area contributed by atoms with Crippen molar-refractivity contribution in [3.8, 4) is 11.5 Å². The van der Waals surface area contributed by atoms with Crippen LogP contribution in [0.5, 0.6) is 11.5 Å². The van der Waals surface area contributed by atoms with Crippen molar-refractivity contribution in [2.24, 2.45) is 5.92 Å². The molecule has 1 fully saturated rings. The maximum absolute atomic E-state index is 13.0. The molecule has 0 aliphatic heterocycles. The Labute approximate surface area is 201 Å². The molecule has 2 aromatic rings. The zero-order chi connectivity index (χ0) is 24.9. The first kappa shape index (κ1) is 25.6. The highest BCUT2D eigenvalue weighted by Crippen LogP contribution is 2.33. The van der Waals surface area contributed by atoms with Crippen molar-refractivity contribution in [3.63, 3.8) is 0 Å². The Morgan fingerprint density at radius 1 is 1.12 bits per heavy atom. The van der Waals surface area contributed by atoms with E-state index in [1.807, 2.05) is 24.8 Å². The molecule has 0 saturated heterocycles. The van der Waals surface area contributed by atoms with Gasteiger partial charge in [-0.25, -0.2) is 0 Å². The molecule has 2 aromatic carbocycles. The Morgan fingerprint density at radius 2 is 1.79 bits per heavy atom. The Bertz CT molecular complexity index is 1130.